The summed E-state index contributed by atoms with van der Waals surface area (Å²) in [5, 5.41) is 7.68. The van der Waals surface area contributed by atoms with Gasteiger partial charge in [-0.25, -0.2) is 4.98 Å². The van der Waals surface area contributed by atoms with E-state index in [0.717, 1.165) is 35.1 Å². The molecule has 1 unspecified atom stereocenters. The molecule has 1 N–H and O–H groups in total. The molecule has 0 fully saturated rings. The number of aryl methyl sites for hydroxylation is 2. The van der Waals surface area contributed by atoms with Crippen molar-refractivity contribution >= 4 is 22.9 Å². The van der Waals surface area contributed by atoms with E-state index >= 15 is 0 Å². The van der Waals surface area contributed by atoms with Gasteiger partial charge in [0.2, 0.25) is 0 Å². The topological polar surface area (TPSA) is 24.9 Å². The molecule has 0 aliphatic rings. The van der Waals surface area contributed by atoms with E-state index in [1.807, 2.05) is 13.0 Å². The molecule has 1 aromatic carbocycles. The van der Waals surface area contributed by atoms with Crippen LogP contribution in [0.3, 0.4) is 0 Å². The highest BCUT2D eigenvalue weighted by Crippen LogP contribution is 2.25. The number of halogens is 1. The van der Waals surface area contributed by atoms with Crippen LogP contribution in [-0.4, -0.2) is 11.5 Å². The summed E-state index contributed by atoms with van der Waals surface area (Å²) >= 11 is 7.87. The van der Waals surface area contributed by atoms with Crippen molar-refractivity contribution in [2.45, 2.75) is 39.7 Å². The molecular formula is C16H21ClN2S. The normalized spacial score (nSPS) is 12.6. The van der Waals surface area contributed by atoms with Gasteiger partial charge in [0.25, 0.3) is 0 Å². The number of nitrogens with one attached hydrogen (secondary N) is 1. The first-order chi connectivity index (χ1) is 9.60. The van der Waals surface area contributed by atoms with Crippen LogP contribution in [0.1, 0.15) is 41.2 Å². The van der Waals surface area contributed by atoms with Gasteiger partial charge < -0.3 is 5.32 Å². The number of nitrogens with zero attached hydrogens (tertiary/aromatic N) is 1. The van der Waals surface area contributed by atoms with E-state index in [9.17, 15) is 0 Å². The van der Waals surface area contributed by atoms with Crippen molar-refractivity contribution in [2.24, 2.45) is 0 Å². The van der Waals surface area contributed by atoms with Gasteiger partial charge in [0, 0.05) is 22.9 Å². The van der Waals surface area contributed by atoms with Crippen LogP contribution in [0.15, 0.2) is 23.6 Å². The van der Waals surface area contributed by atoms with E-state index in [1.165, 1.54) is 11.1 Å². The number of benzene rings is 1. The minimum atomic E-state index is 0.273. The Bertz CT molecular complexity index is 565. The molecule has 0 bridgehead atoms. The molecule has 1 aromatic heterocycles. The number of rotatable bonds is 6. The molecule has 1 atom stereocenters. The Morgan fingerprint density at radius 2 is 2.15 bits per heavy atom. The van der Waals surface area contributed by atoms with Crippen LogP contribution in [-0.2, 0) is 6.42 Å². The van der Waals surface area contributed by atoms with Crippen molar-refractivity contribution in [2.75, 3.05) is 6.54 Å². The maximum Gasteiger partial charge on any atom is 0.0897 e. The molecule has 0 aliphatic carbocycles. The van der Waals surface area contributed by atoms with Gasteiger partial charge in [0.05, 0.1) is 10.7 Å². The second-order valence-electron chi connectivity index (χ2n) is 5.07. The van der Waals surface area contributed by atoms with Crippen LogP contribution in [0.25, 0.3) is 0 Å². The molecule has 2 rings (SSSR count). The van der Waals surface area contributed by atoms with Gasteiger partial charge in [-0.3, -0.25) is 0 Å². The van der Waals surface area contributed by atoms with Crippen LogP contribution < -0.4 is 5.32 Å². The summed E-state index contributed by atoms with van der Waals surface area (Å²) in [5.41, 5.74) is 3.70. The highest BCUT2D eigenvalue weighted by atomic mass is 35.5. The summed E-state index contributed by atoms with van der Waals surface area (Å²) in [6.45, 7) is 7.37. The zero-order valence-corrected chi connectivity index (χ0v) is 13.8. The number of hydrogen-bond acceptors (Lipinski definition) is 3. The largest absolute Gasteiger partial charge is 0.310 e. The number of aromatic nitrogens is 1. The lowest BCUT2D eigenvalue weighted by Crippen LogP contribution is -2.25. The van der Waals surface area contributed by atoms with Crippen molar-refractivity contribution in [3.63, 3.8) is 0 Å². The Kier molecular flexibility index (Phi) is 5.58. The Morgan fingerprint density at radius 3 is 2.80 bits per heavy atom. The summed E-state index contributed by atoms with van der Waals surface area (Å²) in [7, 11) is 0. The van der Waals surface area contributed by atoms with Gasteiger partial charge in [-0.2, -0.15) is 0 Å². The SMILES string of the molecule is CCCNC(Cc1csc(C)n1)c1cc(Cl)ccc1C. The van der Waals surface area contributed by atoms with Crippen molar-refractivity contribution in [1.29, 1.82) is 0 Å². The maximum absolute atomic E-state index is 6.16. The lowest BCUT2D eigenvalue weighted by molar-refractivity contribution is 0.523. The zero-order chi connectivity index (χ0) is 14.5. The Hall–Kier alpha value is -0.900. The standard InChI is InChI=1S/C16H21ClN2S/c1-4-7-18-16(9-14-10-20-12(3)19-14)15-8-13(17)6-5-11(15)2/h5-6,8,10,16,18H,4,7,9H2,1-3H3. The Balaban J connectivity index is 2.24. The molecule has 2 aromatic rings. The van der Waals surface area contributed by atoms with Gasteiger partial charge in [-0.05, 0) is 50.1 Å². The fourth-order valence-electron chi connectivity index (χ4n) is 2.31. The number of thiazole rings is 1. The van der Waals surface area contributed by atoms with Gasteiger partial charge in [-0.15, -0.1) is 11.3 Å². The summed E-state index contributed by atoms with van der Waals surface area (Å²) in [4.78, 5) is 4.58. The summed E-state index contributed by atoms with van der Waals surface area (Å²) in [5.74, 6) is 0. The average Bonchev–Trinajstić information content (AvgIpc) is 2.83. The molecular weight excluding hydrogens is 288 g/mol. The van der Waals surface area contributed by atoms with E-state index in [4.69, 9.17) is 11.6 Å². The van der Waals surface area contributed by atoms with E-state index in [0.29, 0.717) is 0 Å². The van der Waals surface area contributed by atoms with Crippen LogP contribution >= 0.6 is 22.9 Å². The first-order valence-electron chi connectivity index (χ1n) is 7.00. The molecule has 4 heteroatoms. The first kappa shape index (κ1) is 15.5. The van der Waals surface area contributed by atoms with Gasteiger partial charge in [0.15, 0.2) is 0 Å². The van der Waals surface area contributed by atoms with Gasteiger partial charge in [0.1, 0.15) is 0 Å². The van der Waals surface area contributed by atoms with Crippen molar-refractivity contribution in [3.05, 3.63) is 50.4 Å². The molecule has 0 saturated carbocycles. The summed E-state index contributed by atoms with van der Waals surface area (Å²) in [6.07, 6.45) is 2.03. The third-order valence-corrected chi connectivity index (χ3v) is 4.39. The predicted molar refractivity (Wildman–Crippen MR) is 87.8 cm³/mol. The highest BCUT2D eigenvalue weighted by molar-refractivity contribution is 7.09. The van der Waals surface area contributed by atoms with Crippen molar-refractivity contribution < 1.29 is 0 Å². The fraction of sp³-hybridized carbons (Fsp3) is 0.438. The molecule has 0 spiro atoms. The molecule has 0 radical (unpaired) electrons. The third-order valence-electron chi connectivity index (χ3n) is 3.34. The molecule has 0 amide bonds. The molecule has 0 saturated heterocycles. The Labute approximate surface area is 130 Å². The van der Waals surface area contributed by atoms with E-state index in [2.05, 4.69) is 41.7 Å². The summed E-state index contributed by atoms with van der Waals surface area (Å²) in [6, 6.07) is 6.38. The van der Waals surface area contributed by atoms with E-state index < -0.39 is 0 Å². The quantitative estimate of drug-likeness (QED) is 0.837. The third kappa shape index (κ3) is 4.05. The van der Waals surface area contributed by atoms with Crippen LogP contribution in [0, 0.1) is 13.8 Å². The predicted octanol–water partition coefficient (Wildman–Crippen LogP) is 4.70. The summed E-state index contributed by atoms with van der Waals surface area (Å²) < 4.78 is 0. The Morgan fingerprint density at radius 1 is 1.35 bits per heavy atom. The van der Waals surface area contributed by atoms with Gasteiger partial charge in [-0.1, -0.05) is 24.6 Å². The second-order valence-corrected chi connectivity index (χ2v) is 6.57. The maximum atomic E-state index is 6.16. The van der Waals surface area contributed by atoms with Crippen molar-refractivity contribution in [1.82, 2.24) is 10.3 Å². The smallest absolute Gasteiger partial charge is 0.0897 e. The lowest BCUT2D eigenvalue weighted by Gasteiger charge is -2.20. The van der Waals surface area contributed by atoms with Crippen LogP contribution in [0.2, 0.25) is 5.02 Å². The zero-order valence-electron chi connectivity index (χ0n) is 12.2. The molecule has 20 heavy (non-hydrogen) atoms. The molecule has 0 aliphatic heterocycles. The van der Waals surface area contributed by atoms with Crippen molar-refractivity contribution in [3.8, 4) is 0 Å². The lowest BCUT2D eigenvalue weighted by atomic mass is 9.97. The molecule has 108 valence electrons. The minimum absolute atomic E-state index is 0.273. The first-order valence-corrected chi connectivity index (χ1v) is 8.26. The molecule has 2 nitrogen and oxygen atoms in total. The van der Waals surface area contributed by atoms with Crippen LogP contribution in [0.5, 0.6) is 0 Å². The van der Waals surface area contributed by atoms with Crippen LogP contribution in [0.4, 0.5) is 0 Å². The monoisotopic (exact) mass is 308 g/mol. The van der Waals surface area contributed by atoms with Gasteiger partial charge >= 0.3 is 0 Å². The highest BCUT2D eigenvalue weighted by Gasteiger charge is 2.15. The molecule has 1 heterocycles. The van der Waals surface area contributed by atoms with E-state index in [1.54, 1.807) is 11.3 Å². The van der Waals surface area contributed by atoms with E-state index in [-0.39, 0.29) is 6.04 Å². The minimum Gasteiger partial charge on any atom is -0.310 e. The second kappa shape index (κ2) is 7.21. The fourth-order valence-corrected chi connectivity index (χ4v) is 3.11. The number of hydrogen-bond donors (Lipinski definition) is 1. The average molecular weight is 309 g/mol.